The minimum absolute atomic E-state index is 0.0522. The van der Waals surface area contributed by atoms with Crippen LogP contribution in [0.25, 0.3) is 11.0 Å². The van der Waals surface area contributed by atoms with Crippen LogP contribution in [0.3, 0.4) is 0 Å². The predicted octanol–water partition coefficient (Wildman–Crippen LogP) is 5.09. The Hall–Kier alpha value is -2.11. The summed E-state index contributed by atoms with van der Waals surface area (Å²) >= 11 is 1.46. The quantitative estimate of drug-likeness (QED) is 0.702. The van der Waals surface area contributed by atoms with Gasteiger partial charge in [-0.05, 0) is 74.3 Å². The second kappa shape index (κ2) is 6.56. The molecule has 0 spiro atoms. The van der Waals surface area contributed by atoms with E-state index >= 15 is 0 Å². The van der Waals surface area contributed by atoms with E-state index in [-0.39, 0.29) is 5.91 Å². The Morgan fingerprint density at radius 2 is 2.19 bits per heavy atom. The molecule has 2 aliphatic heterocycles. The van der Waals surface area contributed by atoms with E-state index < -0.39 is 0 Å². The molecule has 2 atom stereocenters. The maximum absolute atomic E-state index is 12.3. The van der Waals surface area contributed by atoms with E-state index in [9.17, 15) is 4.79 Å². The van der Waals surface area contributed by atoms with Gasteiger partial charge in [0.15, 0.2) is 0 Å². The lowest BCUT2D eigenvalue weighted by Gasteiger charge is -2.34. The Kier molecular flexibility index (Phi) is 4.06. The van der Waals surface area contributed by atoms with Gasteiger partial charge in [-0.15, -0.1) is 11.3 Å². The number of hydrogen-bond acceptors (Lipinski definition) is 4. The van der Waals surface area contributed by atoms with E-state index in [2.05, 4.69) is 16.3 Å². The van der Waals surface area contributed by atoms with E-state index in [0.29, 0.717) is 5.92 Å². The Labute approximate surface area is 156 Å². The van der Waals surface area contributed by atoms with Gasteiger partial charge in [0, 0.05) is 22.7 Å². The Bertz CT molecular complexity index is 931. The van der Waals surface area contributed by atoms with Crippen LogP contribution < -0.4 is 5.32 Å². The van der Waals surface area contributed by atoms with Gasteiger partial charge >= 0.3 is 0 Å². The van der Waals surface area contributed by atoms with Crippen LogP contribution in [0.5, 0.6) is 0 Å². The van der Waals surface area contributed by atoms with Crippen LogP contribution in [-0.4, -0.2) is 29.9 Å². The smallest absolute Gasteiger partial charge is 0.265 e. The minimum Gasteiger partial charge on any atom is -0.464 e. The van der Waals surface area contributed by atoms with Gasteiger partial charge in [-0.1, -0.05) is 6.07 Å². The average Bonchev–Trinajstić information content (AvgIpc) is 3.40. The number of benzene rings is 1. The molecule has 4 nitrogen and oxygen atoms in total. The first-order valence-corrected chi connectivity index (χ1v) is 10.3. The van der Waals surface area contributed by atoms with E-state index in [1.807, 2.05) is 35.9 Å². The molecule has 3 aromatic rings. The third-order valence-corrected chi connectivity index (χ3v) is 6.74. The summed E-state index contributed by atoms with van der Waals surface area (Å²) < 4.78 is 5.82. The third-order valence-electron chi connectivity index (χ3n) is 5.87. The molecular formula is C21H22N2O2S. The fourth-order valence-electron chi connectivity index (χ4n) is 4.55. The molecule has 2 aromatic heterocycles. The molecule has 0 radical (unpaired) electrons. The first-order chi connectivity index (χ1) is 12.8. The van der Waals surface area contributed by atoms with Crippen molar-refractivity contribution >= 4 is 33.9 Å². The largest absolute Gasteiger partial charge is 0.464 e. The van der Waals surface area contributed by atoms with Gasteiger partial charge in [0.1, 0.15) is 5.58 Å². The summed E-state index contributed by atoms with van der Waals surface area (Å²) in [5.74, 6) is 0.502. The summed E-state index contributed by atoms with van der Waals surface area (Å²) in [6, 6.07) is 10.4. The molecule has 5 rings (SSSR count). The van der Waals surface area contributed by atoms with E-state index in [1.165, 1.54) is 55.7 Å². The van der Waals surface area contributed by atoms with Crippen molar-refractivity contribution in [1.82, 2.24) is 4.90 Å². The molecule has 134 valence electrons. The van der Waals surface area contributed by atoms with Crippen LogP contribution in [0.1, 0.15) is 46.8 Å². The zero-order valence-corrected chi connectivity index (χ0v) is 15.4. The first-order valence-electron chi connectivity index (χ1n) is 9.38. The Balaban J connectivity index is 1.41. The van der Waals surface area contributed by atoms with Gasteiger partial charge in [0.25, 0.3) is 5.91 Å². The lowest BCUT2D eigenvalue weighted by atomic mass is 9.85. The van der Waals surface area contributed by atoms with Gasteiger partial charge in [-0.2, -0.15) is 0 Å². The molecular weight excluding hydrogens is 344 g/mol. The molecule has 2 unspecified atom stereocenters. The highest BCUT2D eigenvalue weighted by atomic mass is 32.1. The fraction of sp³-hybridized carbons (Fsp3) is 0.381. The number of hydrogen-bond donors (Lipinski definition) is 1. The number of furan rings is 1. The molecule has 1 amide bonds. The van der Waals surface area contributed by atoms with Gasteiger partial charge in [-0.25, -0.2) is 0 Å². The highest BCUT2D eigenvalue weighted by Gasteiger charge is 2.33. The highest BCUT2D eigenvalue weighted by Crippen LogP contribution is 2.40. The molecule has 0 aliphatic carbocycles. The van der Waals surface area contributed by atoms with Crippen molar-refractivity contribution in [2.45, 2.75) is 37.6 Å². The van der Waals surface area contributed by atoms with Crippen molar-refractivity contribution in [2.24, 2.45) is 0 Å². The Morgan fingerprint density at radius 1 is 1.23 bits per heavy atom. The van der Waals surface area contributed by atoms with Crippen LogP contribution >= 0.6 is 11.3 Å². The lowest BCUT2D eigenvalue weighted by molar-refractivity contribution is 0.103. The predicted molar refractivity (Wildman–Crippen MR) is 105 cm³/mol. The molecule has 1 N–H and O–H groups in total. The van der Waals surface area contributed by atoms with E-state index in [0.717, 1.165) is 27.6 Å². The van der Waals surface area contributed by atoms with Crippen LogP contribution in [0, 0.1) is 0 Å². The summed E-state index contributed by atoms with van der Waals surface area (Å²) in [5.41, 5.74) is 3.04. The van der Waals surface area contributed by atoms with Crippen molar-refractivity contribution in [3.05, 3.63) is 52.4 Å². The number of piperidine rings is 1. The van der Waals surface area contributed by atoms with Crippen molar-refractivity contribution < 1.29 is 9.21 Å². The lowest BCUT2D eigenvalue weighted by Crippen LogP contribution is -2.37. The van der Waals surface area contributed by atoms with Crippen molar-refractivity contribution in [3.8, 4) is 0 Å². The molecule has 26 heavy (non-hydrogen) atoms. The van der Waals surface area contributed by atoms with Crippen molar-refractivity contribution in [3.63, 3.8) is 0 Å². The van der Waals surface area contributed by atoms with Crippen molar-refractivity contribution in [2.75, 3.05) is 18.4 Å². The number of carbonyl (C=O) groups is 1. The highest BCUT2D eigenvalue weighted by molar-refractivity contribution is 7.12. The molecule has 2 aliphatic rings. The number of thiophene rings is 1. The molecule has 0 bridgehead atoms. The second-order valence-electron chi connectivity index (χ2n) is 7.39. The van der Waals surface area contributed by atoms with Crippen LogP contribution in [0.4, 0.5) is 5.69 Å². The SMILES string of the molecule is O=C(Nc1ccc2occ(C3CCN4CCCC4C3)c2c1)c1cccs1. The second-order valence-corrected chi connectivity index (χ2v) is 8.33. The van der Waals surface area contributed by atoms with Gasteiger partial charge in [0.2, 0.25) is 0 Å². The molecule has 2 saturated heterocycles. The maximum atomic E-state index is 12.3. The maximum Gasteiger partial charge on any atom is 0.265 e. The van der Waals surface area contributed by atoms with Crippen molar-refractivity contribution in [1.29, 1.82) is 0 Å². The fourth-order valence-corrected chi connectivity index (χ4v) is 5.17. The van der Waals surface area contributed by atoms with Gasteiger partial charge in [-0.3, -0.25) is 4.79 Å². The molecule has 5 heteroatoms. The van der Waals surface area contributed by atoms with Crippen LogP contribution in [-0.2, 0) is 0 Å². The molecule has 0 saturated carbocycles. The number of nitrogens with one attached hydrogen (secondary N) is 1. The molecule has 4 heterocycles. The topological polar surface area (TPSA) is 45.5 Å². The first kappa shape index (κ1) is 16.1. The van der Waals surface area contributed by atoms with Crippen LogP contribution in [0.15, 0.2) is 46.4 Å². The standard InChI is InChI=1S/C21H22N2O2S/c24-21(20-4-2-10-26-20)22-15-5-6-19-17(12-15)18(13-25-19)14-7-9-23-8-1-3-16(23)11-14/h2,4-6,10,12-14,16H,1,3,7-9,11H2,(H,22,24). The van der Waals surface area contributed by atoms with Crippen LogP contribution in [0.2, 0.25) is 0 Å². The van der Waals surface area contributed by atoms with E-state index in [4.69, 9.17) is 4.42 Å². The minimum atomic E-state index is -0.0522. The molecule has 1 aromatic carbocycles. The summed E-state index contributed by atoms with van der Waals surface area (Å²) in [7, 11) is 0. The number of rotatable bonds is 3. The zero-order valence-electron chi connectivity index (χ0n) is 14.6. The number of amides is 1. The number of fused-ring (bicyclic) bond motifs is 2. The Morgan fingerprint density at radius 3 is 3.08 bits per heavy atom. The number of anilines is 1. The van der Waals surface area contributed by atoms with Gasteiger partial charge in [0.05, 0.1) is 11.1 Å². The van der Waals surface area contributed by atoms with Gasteiger partial charge < -0.3 is 14.6 Å². The number of carbonyl (C=O) groups excluding carboxylic acids is 1. The zero-order chi connectivity index (χ0) is 17.5. The molecule has 2 fully saturated rings. The summed E-state index contributed by atoms with van der Waals surface area (Å²) in [4.78, 5) is 15.7. The third kappa shape index (κ3) is 2.85. The monoisotopic (exact) mass is 366 g/mol. The summed E-state index contributed by atoms with van der Waals surface area (Å²) in [6.45, 7) is 2.46. The van der Waals surface area contributed by atoms with E-state index in [1.54, 1.807) is 0 Å². The normalized spacial score (nSPS) is 23.2. The average molecular weight is 366 g/mol. The summed E-state index contributed by atoms with van der Waals surface area (Å²) in [6.07, 6.45) is 7.01. The summed E-state index contributed by atoms with van der Waals surface area (Å²) in [5, 5.41) is 6.08. The number of nitrogens with zero attached hydrogens (tertiary/aromatic N) is 1.